The lowest BCUT2D eigenvalue weighted by Gasteiger charge is -2.20. The standard InChI is InChI=1S/C29H57NO3/c1-3-5-7-9-10-11-12-13-14-15-16-17-18-19-21-23-25-29(33)30-27(26-31)28(32)24-22-20-8-6-4-2/h22,24,27-28,31-32H,3-21,23,25-26H2,1-2H3,(H,30,33)/b24-22+. The number of aliphatic hydroxyl groups is 2. The van der Waals surface area contributed by atoms with Crippen LogP contribution in [0.3, 0.4) is 0 Å². The number of carbonyl (C=O) groups excluding carboxylic acids is 1. The molecule has 0 aromatic carbocycles. The zero-order valence-corrected chi connectivity index (χ0v) is 22.2. The summed E-state index contributed by atoms with van der Waals surface area (Å²) >= 11 is 0. The monoisotopic (exact) mass is 467 g/mol. The molecule has 0 rings (SSSR count). The second-order valence-corrected chi connectivity index (χ2v) is 9.82. The van der Waals surface area contributed by atoms with Gasteiger partial charge in [0.15, 0.2) is 0 Å². The number of hydrogen-bond donors (Lipinski definition) is 3. The summed E-state index contributed by atoms with van der Waals surface area (Å²) in [4.78, 5) is 12.1. The first-order valence-corrected chi connectivity index (χ1v) is 14.4. The van der Waals surface area contributed by atoms with Gasteiger partial charge in [0.05, 0.1) is 18.8 Å². The number of aliphatic hydroxyl groups excluding tert-OH is 2. The molecule has 1 amide bonds. The molecule has 4 heteroatoms. The summed E-state index contributed by atoms with van der Waals surface area (Å²) < 4.78 is 0. The fourth-order valence-electron chi connectivity index (χ4n) is 4.23. The molecular weight excluding hydrogens is 410 g/mol. The minimum absolute atomic E-state index is 0.0714. The molecule has 0 saturated carbocycles. The Morgan fingerprint density at radius 3 is 1.58 bits per heavy atom. The summed E-state index contributed by atoms with van der Waals surface area (Å²) in [5, 5.41) is 22.4. The van der Waals surface area contributed by atoms with Crippen LogP contribution < -0.4 is 5.32 Å². The average Bonchev–Trinajstić information content (AvgIpc) is 2.82. The van der Waals surface area contributed by atoms with Crippen molar-refractivity contribution in [3.8, 4) is 0 Å². The summed E-state index contributed by atoms with van der Waals surface area (Å²) in [6, 6.07) is -0.610. The summed E-state index contributed by atoms with van der Waals surface area (Å²) in [5.74, 6) is -0.0714. The van der Waals surface area contributed by atoms with Gasteiger partial charge in [-0.05, 0) is 19.3 Å². The van der Waals surface area contributed by atoms with E-state index in [2.05, 4.69) is 19.2 Å². The highest BCUT2D eigenvalue weighted by Gasteiger charge is 2.17. The molecule has 0 heterocycles. The van der Waals surface area contributed by atoms with Crippen LogP contribution in [0.5, 0.6) is 0 Å². The zero-order chi connectivity index (χ0) is 24.4. The molecule has 0 fully saturated rings. The molecular formula is C29H57NO3. The number of amides is 1. The molecule has 2 atom stereocenters. The minimum Gasteiger partial charge on any atom is -0.394 e. The smallest absolute Gasteiger partial charge is 0.220 e. The summed E-state index contributed by atoms with van der Waals surface area (Å²) in [6.45, 7) is 4.19. The van der Waals surface area contributed by atoms with E-state index in [9.17, 15) is 15.0 Å². The van der Waals surface area contributed by atoms with Gasteiger partial charge in [-0.25, -0.2) is 0 Å². The largest absolute Gasteiger partial charge is 0.394 e. The van der Waals surface area contributed by atoms with Crippen molar-refractivity contribution in [1.29, 1.82) is 0 Å². The molecule has 0 spiro atoms. The van der Waals surface area contributed by atoms with Crippen molar-refractivity contribution in [3.63, 3.8) is 0 Å². The van der Waals surface area contributed by atoms with Crippen LogP contribution in [0, 0.1) is 0 Å². The van der Waals surface area contributed by atoms with Crippen LogP contribution in [-0.2, 0) is 4.79 Å². The Balaban J connectivity index is 3.53. The molecule has 0 bridgehead atoms. The van der Waals surface area contributed by atoms with Crippen LogP contribution >= 0.6 is 0 Å². The maximum Gasteiger partial charge on any atom is 0.220 e. The first-order chi connectivity index (χ1) is 16.2. The van der Waals surface area contributed by atoms with E-state index in [1.165, 1.54) is 103 Å². The van der Waals surface area contributed by atoms with E-state index in [4.69, 9.17) is 0 Å². The van der Waals surface area contributed by atoms with Gasteiger partial charge in [0.1, 0.15) is 0 Å². The second-order valence-electron chi connectivity index (χ2n) is 9.82. The van der Waals surface area contributed by atoms with Crippen molar-refractivity contribution in [3.05, 3.63) is 12.2 Å². The summed E-state index contributed by atoms with van der Waals surface area (Å²) in [5.41, 5.74) is 0. The normalized spacial score (nSPS) is 13.5. The van der Waals surface area contributed by atoms with Crippen molar-refractivity contribution in [1.82, 2.24) is 5.32 Å². The Labute approximate surface area is 206 Å². The fraction of sp³-hybridized carbons (Fsp3) is 0.897. The molecule has 33 heavy (non-hydrogen) atoms. The summed E-state index contributed by atoms with van der Waals surface area (Å²) in [6.07, 6.45) is 28.8. The van der Waals surface area contributed by atoms with E-state index >= 15 is 0 Å². The van der Waals surface area contributed by atoms with Crippen molar-refractivity contribution < 1.29 is 15.0 Å². The number of allylic oxidation sites excluding steroid dienone is 1. The molecule has 2 unspecified atom stereocenters. The first kappa shape index (κ1) is 32.1. The molecule has 0 aromatic rings. The lowest BCUT2D eigenvalue weighted by molar-refractivity contribution is -0.123. The highest BCUT2D eigenvalue weighted by molar-refractivity contribution is 5.76. The van der Waals surface area contributed by atoms with Gasteiger partial charge in [0.2, 0.25) is 5.91 Å². The van der Waals surface area contributed by atoms with Gasteiger partial charge in [-0.2, -0.15) is 0 Å². The maximum absolute atomic E-state index is 12.1. The first-order valence-electron chi connectivity index (χ1n) is 14.4. The molecule has 0 aromatic heterocycles. The predicted molar refractivity (Wildman–Crippen MR) is 142 cm³/mol. The highest BCUT2D eigenvalue weighted by Crippen LogP contribution is 2.14. The van der Waals surface area contributed by atoms with E-state index in [-0.39, 0.29) is 12.5 Å². The Bertz CT molecular complexity index is 439. The highest BCUT2D eigenvalue weighted by atomic mass is 16.3. The molecule has 4 nitrogen and oxygen atoms in total. The van der Waals surface area contributed by atoms with Gasteiger partial charge in [0, 0.05) is 6.42 Å². The minimum atomic E-state index is -0.827. The lowest BCUT2D eigenvalue weighted by atomic mass is 10.0. The van der Waals surface area contributed by atoms with Gasteiger partial charge < -0.3 is 15.5 Å². The van der Waals surface area contributed by atoms with Gasteiger partial charge in [-0.3, -0.25) is 4.79 Å². The lowest BCUT2D eigenvalue weighted by Crippen LogP contribution is -2.45. The van der Waals surface area contributed by atoms with Gasteiger partial charge >= 0.3 is 0 Å². The molecule has 0 aliphatic carbocycles. The Kier molecular flexibility index (Phi) is 25.1. The van der Waals surface area contributed by atoms with Crippen LogP contribution in [0.2, 0.25) is 0 Å². The summed E-state index contributed by atoms with van der Waals surface area (Å²) in [7, 11) is 0. The van der Waals surface area contributed by atoms with Crippen LogP contribution in [-0.4, -0.2) is 34.9 Å². The molecule has 0 radical (unpaired) electrons. The zero-order valence-electron chi connectivity index (χ0n) is 22.2. The van der Waals surface area contributed by atoms with Crippen LogP contribution in [0.1, 0.15) is 149 Å². The molecule has 0 saturated heterocycles. The average molecular weight is 468 g/mol. The quantitative estimate of drug-likeness (QED) is 0.0955. The third kappa shape index (κ3) is 22.7. The van der Waals surface area contributed by atoms with Crippen LogP contribution in [0.15, 0.2) is 12.2 Å². The SMILES string of the molecule is CCCCC/C=C/C(O)C(CO)NC(=O)CCCCCCCCCCCCCCCCCC. The molecule has 3 N–H and O–H groups in total. The van der Waals surface area contributed by atoms with Crippen molar-refractivity contribution in [2.45, 2.75) is 161 Å². The predicted octanol–water partition coefficient (Wildman–Crippen LogP) is 7.61. The number of unbranched alkanes of at least 4 members (excludes halogenated alkanes) is 18. The van der Waals surface area contributed by atoms with Gasteiger partial charge in [-0.15, -0.1) is 0 Å². The third-order valence-corrected chi connectivity index (χ3v) is 6.52. The van der Waals surface area contributed by atoms with Crippen molar-refractivity contribution >= 4 is 5.91 Å². The van der Waals surface area contributed by atoms with E-state index in [1.807, 2.05) is 6.08 Å². The second kappa shape index (κ2) is 25.7. The Morgan fingerprint density at radius 1 is 0.697 bits per heavy atom. The number of rotatable bonds is 25. The van der Waals surface area contributed by atoms with E-state index in [0.29, 0.717) is 6.42 Å². The number of hydrogen-bond acceptors (Lipinski definition) is 3. The number of nitrogens with one attached hydrogen (secondary N) is 1. The molecule has 196 valence electrons. The Morgan fingerprint density at radius 2 is 1.12 bits per heavy atom. The third-order valence-electron chi connectivity index (χ3n) is 6.52. The Hall–Kier alpha value is -0.870. The van der Waals surface area contributed by atoms with Crippen molar-refractivity contribution in [2.24, 2.45) is 0 Å². The number of carbonyl (C=O) groups is 1. The molecule has 0 aliphatic heterocycles. The fourth-order valence-corrected chi connectivity index (χ4v) is 4.23. The maximum atomic E-state index is 12.1. The van der Waals surface area contributed by atoms with Crippen LogP contribution in [0.25, 0.3) is 0 Å². The van der Waals surface area contributed by atoms with Crippen LogP contribution in [0.4, 0.5) is 0 Å². The van der Waals surface area contributed by atoms with E-state index < -0.39 is 12.1 Å². The van der Waals surface area contributed by atoms with Crippen molar-refractivity contribution in [2.75, 3.05) is 6.61 Å². The molecule has 0 aliphatic rings. The van der Waals surface area contributed by atoms with Gasteiger partial charge in [-0.1, -0.05) is 135 Å². The van der Waals surface area contributed by atoms with Gasteiger partial charge in [0.25, 0.3) is 0 Å². The topological polar surface area (TPSA) is 69.6 Å². The van der Waals surface area contributed by atoms with E-state index in [0.717, 1.165) is 25.7 Å². The van der Waals surface area contributed by atoms with E-state index in [1.54, 1.807) is 6.08 Å².